The number of dihydropyridines is 1. The third-order valence-corrected chi connectivity index (χ3v) is 4.49. The minimum absolute atomic E-state index is 0.0145. The van der Waals surface area contributed by atoms with Gasteiger partial charge in [0.15, 0.2) is 5.54 Å². The topological polar surface area (TPSA) is 91.3 Å². The van der Waals surface area contributed by atoms with Gasteiger partial charge in [-0.2, -0.15) is 0 Å². The predicted molar refractivity (Wildman–Crippen MR) is 89.6 cm³/mol. The molecule has 1 fully saturated rings. The second-order valence-corrected chi connectivity index (χ2v) is 7.76. The number of aliphatic carboxylic acids is 1. The Morgan fingerprint density at radius 2 is 2.12 bits per heavy atom. The quantitative estimate of drug-likeness (QED) is 0.731. The van der Waals surface area contributed by atoms with Gasteiger partial charge in [0.2, 0.25) is 5.88 Å². The summed E-state index contributed by atoms with van der Waals surface area (Å²) in [5.41, 5.74) is -0.868. The second kappa shape index (κ2) is 5.86. The fourth-order valence-corrected chi connectivity index (χ4v) is 3.11. The van der Waals surface area contributed by atoms with Crippen molar-refractivity contribution >= 4 is 12.1 Å². The maximum absolute atomic E-state index is 12.3. The number of rotatable bonds is 1. The summed E-state index contributed by atoms with van der Waals surface area (Å²) in [5, 5.41) is 12.3. The van der Waals surface area contributed by atoms with Gasteiger partial charge in [0.1, 0.15) is 12.2 Å². The SMILES string of the molecule is CC(C)(C)OC(=O)N1CCN2C3=C(NC(C)(C(=O)O)C=C3)OC[C@H]2C1. The first-order valence-corrected chi connectivity index (χ1v) is 8.41. The summed E-state index contributed by atoms with van der Waals surface area (Å²) in [4.78, 5) is 27.5. The van der Waals surface area contributed by atoms with Crippen LogP contribution in [-0.4, -0.2) is 70.4 Å². The van der Waals surface area contributed by atoms with E-state index in [0.717, 1.165) is 5.70 Å². The number of ether oxygens (including phenoxy) is 2. The van der Waals surface area contributed by atoms with Crippen molar-refractivity contribution in [2.75, 3.05) is 26.2 Å². The summed E-state index contributed by atoms with van der Waals surface area (Å²) in [6.45, 7) is 9.21. The summed E-state index contributed by atoms with van der Waals surface area (Å²) >= 11 is 0. The van der Waals surface area contributed by atoms with Crippen LogP contribution in [0, 0.1) is 0 Å². The molecule has 3 aliphatic heterocycles. The van der Waals surface area contributed by atoms with Gasteiger partial charge in [0.25, 0.3) is 0 Å². The summed E-state index contributed by atoms with van der Waals surface area (Å²) < 4.78 is 11.2. The summed E-state index contributed by atoms with van der Waals surface area (Å²) in [5.74, 6) is -0.481. The molecule has 8 nitrogen and oxygen atoms in total. The van der Waals surface area contributed by atoms with Crippen LogP contribution in [0.4, 0.5) is 4.79 Å². The van der Waals surface area contributed by atoms with Crippen molar-refractivity contribution in [1.82, 2.24) is 15.1 Å². The zero-order valence-corrected chi connectivity index (χ0v) is 15.0. The Labute approximate surface area is 147 Å². The highest BCUT2D eigenvalue weighted by molar-refractivity contribution is 5.82. The third kappa shape index (κ3) is 3.38. The van der Waals surface area contributed by atoms with Gasteiger partial charge in [0, 0.05) is 19.6 Å². The number of piperazine rings is 1. The Hall–Kier alpha value is -2.38. The number of amides is 1. The average molecular weight is 351 g/mol. The van der Waals surface area contributed by atoms with Gasteiger partial charge in [-0.25, -0.2) is 9.59 Å². The first-order valence-electron chi connectivity index (χ1n) is 8.41. The number of allylic oxidation sites excluding steroid dienone is 1. The second-order valence-electron chi connectivity index (χ2n) is 7.76. The van der Waals surface area contributed by atoms with Crippen molar-refractivity contribution in [1.29, 1.82) is 0 Å². The smallest absolute Gasteiger partial charge is 0.410 e. The fourth-order valence-electron chi connectivity index (χ4n) is 3.11. The van der Waals surface area contributed by atoms with E-state index in [1.807, 2.05) is 20.8 Å². The molecule has 0 spiro atoms. The first-order chi connectivity index (χ1) is 11.6. The van der Waals surface area contributed by atoms with Crippen LogP contribution in [0.25, 0.3) is 0 Å². The van der Waals surface area contributed by atoms with Crippen molar-refractivity contribution in [3.05, 3.63) is 23.7 Å². The Morgan fingerprint density at radius 1 is 1.40 bits per heavy atom. The van der Waals surface area contributed by atoms with E-state index in [4.69, 9.17) is 9.47 Å². The van der Waals surface area contributed by atoms with E-state index >= 15 is 0 Å². The molecule has 1 unspecified atom stereocenters. The van der Waals surface area contributed by atoms with E-state index < -0.39 is 17.1 Å². The van der Waals surface area contributed by atoms with E-state index in [-0.39, 0.29) is 12.1 Å². The number of nitrogens with zero attached hydrogens (tertiary/aromatic N) is 2. The molecular formula is C17H25N3O5. The van der Waals surface area contributed by atoms with E-state index in [9.17, 15) is 14.7 Å². The van der Waals surface area contributed by atoms with Crippen LogP contribution in [-0.2, 0) is 14.3 Å². The maximum atomic E-state index is 12.3. The minimum atomic E-state index is -1.18. The molecule has 0 aromatic rings. The maximum Gasteiger partial charge on any atom is 0.410 e. The van der Waals surface area contributed by atoms with Crippen molar-refractivity contribution in [3.8, 4) is 0 Å². The van der Waals surface area contributed by atoms with Crippen molar-refractivity contribution < 1.29 is 24.2 Å². The summed E-state index contributed by atoms with van der Waals surface area (Å²) in [7, 11) is 0. The minimum Gasteiger partial charge on any atom is -0.479 e. The van der Waals surface area contributed by atoms with E-state index in [0.29, 0.717) is 32.1 Å². The lowest BCUT2D eigenvalue weighted by Crippen LogP contribution is -2.60. The molecule has 0 radical (unpaired) electrons. The number of carboxylic acid groups (broad SMARTS) is 1. The third-order valence-electron chi connectivity index (χ3n) is 4.49. The molecule has 138 valence electrons. The number of nitrogens with one attached hydrogen (secondary N) is 1. The molecular weight excluding hydrogens is 326 g/mol. The number of carboxylic acids is 1. The monoisotopic (exact) mass is 351 g/mol. The van der Waals surface area contributed by atoms with Crippen LogP contribution < -0.4 is 5.32 Å². The standard InChI is InChI=1S/C17H25N3O5/c1-16(2,3)25-15(23)19-7-8-20-11(9-19)10-24-13-12(20)5-6-17(4,18-13)14(21)22/h5-6,11,18H,7-10H2,1-4H3,(H,21,22)/t11-,17?/m1/s1. The first kappa shape index (κ1) is 17.4. The lowest BCUT2D eigenvalue weighted by molar-refractivity contribution is -0.142. The highest BCUT2D eigenvalue weighted by atomic mass is 16.6. The Kier molecular flexibility index (Phi) is 4.09. The molecule has 2 N–H and O–H groups in total. The van der Waals surface area contributed by atoms with Gasteiger partial charge in [-0.05, 0) is 39.8 Å². The predicted octanol–water partition coefficient (Wildman–Crippen LogP) is 1.11. The molecule has 3 heterocycles. The molecule has 0 aliphatic carbocycles. The zero-order valence-electron chi connectivity index (χ0n) is 15.0. The van der Waals surface area contributed by atoms with Gasteiger partial charge in [0.05, 0.1) is 11.7 Å². The van der Waals surface area contributed by atoms with Crippen LogP contribution in [0.2, 0.25) is 0 Å². The number of carbonyl (C=O) groups is 2. The molecule has 3 aliphatic rings. The molecule has 25 heavy (non-hydrogen) atoms. The van der Waals surface area contributed by atoms with E-state index in [2.05, 4.69) is 10.2 Å². The summed E-state index contributed by atoms with van der Waals surface area (Å²) in [6.07, 6.45) is 3.10. The highest BCUT2D eigenvalue weighted by Gasteiger charge is 2.41. The van der Waals surface area contributed by atoms with Crippen molar-refractivity contribution in [2.24, 2.45) is 0 Å². The molecule has 0 aromatic heterocycles. The van der Waals surface area contributed by atoms with Gasteiger partial charge in [-0.15, -0.1) is 0 Å². The van der Waals surface area contributed by atoms with Crippen LogP contribution in [0.1, 0.15) is 27.7 Å². The number of hydrogen-bond acceptors (Lipinski definition) is 6. The van der Waals surface area contributed by atoms with Gasteiger partial charge in [-0.3, -0.25) is 0 Å². The van der Waals surface area contributed by atoms with Crippen LogP contribution in [0.5, 0.6) is 0 Å². The van der Waals surface area contributed by atoms with Gasteiger partial charge in [-0.1, -0.05) is 0 Å². The largest absolute Gasteiger partial charge is 0.479 e. The Bertz CT molecular complexity index is 651. The van der Waals surface area contributed by atoms with Gasteiger partial charge >= 0.3 is 12.1 Å². The molecule has 2 atom stereocenters. The molecule has 0 bridgehead atoms. The van der Waals surface area contributed by atoms with E-state index in [1.165, 1.54) is 0 Å². The number of hydrogen-bond donors (Lipinski definition) is 2. The molecule has 8 heteroatoms. The fraction of sp³-hybridized carbons (Fsp3) is 0.647. The van der Waals surface area contributed by atoms with Crippen LogP contribution in [0.3, 0.4) is 0 Å². The average Bonchev–Trinajstić information content (AvgIpc) is 2.52. The van der Waals surface area contributed by atoms with Crippen LogP contribution >= 0.6 is 0 Å². The molecule has 0 aromatic carbocycles. The number of carbonyl (C=O) groups excluding carboxylic acids is 1. The van der Waals surface area contributed by atoms with E-state index in [1.54, 1.807) is 24.0 Å². The van der Waals surface area contributed by atoms with Gasteiger partial charge < -0.3 is 29.7 Å². The lowest BCUT2D eigenvalue weighted by Gasteiger charge is -2.47. The van der Waals surface area contributed by atoms with Crippen molar-refractivity contribution in [3.63, 3.8) is 0 Å². The van der Waals surface area contributed by atoms with Crippen molar-refractivity contribution in [2.45, 2.75) is 44.9 Å². The zero-order chi connectivity index (χ0) is 18.4. The Morgan fingerprint density at radius 3 is 2.76 bits per heavy atom. The Balaban J connectivity index is 1.70. The normalized spacial score (nSPS) is 28.6. The number of fused-ring (bicyclic) bond motifs is 2. The summed E-state index contributed by atoms with van der Waals surface area (Å²) in [6, 6.07) is 0.0145. The molecule has 1 saturated heterocycles. The highest BCUT2D eigenvalue weighted by Crippen LogP contribution is 2.30. The lowest BCUT2D eigenvalue weighted by atomic mass is 9.97. The molecule has 0 saturated carbocycles. The van der Waals surface area contributed by atoms with Crippen LogP contribution in [0.15, 0.2) is 23.7 Å². The molecule has 1 amide bonds. The molecule has 3 rings (SSSR count).